The molecule has 1 N–H and O–H groups in total. The number of amides is 1. The number of nitrogens with zero attached hydrogens (tertiary/aromatic N) is 1. The molecule has 4 atom stereocenters. The summed E-state index contributed by atoms with van der Waals surface area (Å²) < 4.78 is 0. The predicted molar refractivity (Wildman–Crippen MR) is 72.7 cm³/mol. The van der Waals surface area contributed by atoms with E-state index in [1.807, 2.05) is 4.90 Å². The molecular formula is C15H25NO3. The van der Waals surface area contributed by atoms with Gasteiger partial charge in [-0.15, -0.1) is 0 Å². The summed E-state index contributed by atoms with van der Waals surface area (Å²) in [5.74, 6) is -0.229. The number of carboxylic acids is 1. The van der Waals surface area contributed by atoms with E-state index in [1.54, 1.807) is 0 Å². The van der Waals surface area contributed by atoms with Crippen LogP contribution >= 0.6 is 0 Å². The van der Waals surface area contributed by atoms with Crippen molar-refractivity contribution in [3.8, 4) is 0 Å². The highest BCUT2D eigenvalue weighted by molar-refractivity contribution is 5.80. The van der Waals surface area contributed by atoms with Crippen molar-refractivity contribution in [2.45, 2.75) is 58.4 Å². The molecule has 1 aliphatic heterocycles. The van der Waals surface area contributed by atoms with E-state index in [0.29, 0.717) is 18.4 Å². The van der Waals surface area contributed by atoms with Crippen molar-refractivity contribution in [1.82, 2.24) is 4.90 Å². The fourth-order valence-corrected chi connectivity index (χ4v) is 3.61. The molecule has 1 amide bonds. The van der Waals surface area contributed by atoms with Crippen molar-refractivity contribution < 1.29 is 14.7 Å². The van der Waals surface area contributed by atoms with Crippen molar-refractivity contribution in [1.29, 1.82) is 0 Å². The van der Waals surface area contributed by atoms with E-state index < -0.39 is 5.97 Å². The Morgan fingerprint density at radius 1 is 1.05 bits per heavy atom. The second-order valence-corrected chi connectivity index (χ2v) is 6.41. The van der Waals surface area contributed by atoms with Gasteiger partial charge in [0.15, 0.2) is 0 Å². The zero-order chi connectivity index (χ0) is 14.0. The summed E-state index contributed by atoms with van der Waals surface area (Å²) in [5.41, 5.74) is 0. The van der Waals surface area contributed by atoms with Gasteiger partial charge in [0.1, 0.15) is 0 Å². The Kier molecular flexibility index (Phi) is 4.48. The average Bonchev–Trinajstić information content (AvgIpc) is 2.38. The van der Waals surface area contributed by atoms with Crippen LogP contribution in [0.1, 0.15) is 52.4 Å². The van der Waals surface area contributed by atoms with Gasteiger partial charge in [-0.3, -0.25) is 9.59 Å². The molecule has 4 unspecified atom stereocenters. The first kappa shape index (κ1) is 14.4. The molecule has 0 aromatic rings. The molecule has 4 heteroatoms. The summed E-state index contributed by atoms with van der Waals surface area (Å²) in [6.07, 6.45) is 5.14. The van der Waals surface area contributed by atoms with Crippen LogP contribution < -0.4 is 0 Å². The molecule has 0 bridgehead atoms. The van der Waals surface area contributed by atoms with Crippen LogP contribution in [0.25, 0.3) is 0 Å². The first-order valence-electron chi connectivity index (χ1n) is 7.52. The SMILES string of the molecule is CC1CCN(C(=O)C2CCCC(C(=O)O)C2)C(C)C1. The van der Waals surface area contributed by atoms with E-state index in [4.69, 9.17) is 5.11 Å². The normalized spacial score (nSPS) is 36.0. The number of aliphatic carboxylic acids is 1. The largest absolute Gasteiger partial charge is 0.481 e. The molecule has 19 heavy (non-hydrogen) atoms. The predicted octanol–water partition coefficient (Wildman–Crippen LogP) is 2.52. The number of carbonyl (C=O) groups is 2. The molecule has 2 aliphatic rings. The summed E-state index contributed by atoms with van der Waals surface area (Å²) in [7, 11) is 0. The highest BCUT2D eigenvalue weighted by Gasteiger charge is 2.36. The van der Waals surface area contributed by atoms with E-state index >= 15 is 0 Å². The van der Waals surface area contributed by atoms with E-state index in [-0.39, 0.29) is 17.7 Å². The standard InChI is InChI=1S/C15H25NO3/c1-10-6-7-16(11(2)8-10)14(17)12-4-3-5-13(9-12)15(18)19/h10-13H,3-9H2,1-2H3,(H,18,19). The monoisotopic (exact) mass is 267 g/mol. The number of piperidine rings is 1. The lowest BCUT2D eigenvalue weighted by molar-refractivity contribution is -0.146. The van der Waals surface area contributed by atoms with Crippen LogP contribution in [0.3, 0.4) is 0 Å². The van der Waals surface area contributed by atoms with Gasteiger partial charge in [0, 0.05) is 18.5 Å². The zero-order valence-electron chi connectivity index (χ0n) is 12.0. The minimum atomic E-state index is -0.738. The molecule has 1 saturated heterocycles. The highest BCUT2D eigenvalue weighted by Crippen LogP contribution is 2.32. The molecule has 0 radical (unpaired) electrons. The molecule has 0 spiro atoms. The minimum absolute atomic E-state index is 0.0642. The maximum atomic E-state index is 12.6. The average molecular weight is 267 g/mol. The summed E-state index contributed by atoms with van der Waals surface area (Å²) in [6, 6.07) is 0.307. The fourth-order valence-electron chi connectivity index (χ4n) is 3.61. The molecule has 0 aromatic heterocycles. The lowest BCUT2D eigenvalue weighted by atomic mass is 9.80. The Morgan fingerprint density at radius 2 is 1.74 bits per heavy atom. The Balaban J connectivity index is 1.97. The molecule has 2 rings (SSSR count). The fraction of sp³-hybridized carbons (Fsp3) is 0.867. The van der Waals surface area contributed by atoms with Gasteiger partial charge in [0.05, 0.1) is 5.92 Å². The number of hydrogen-bond acceptors (Lipinski definition) is 2. The lowest BCUT2D eigenvalue weighted by Crippen LogP contribution is -2.47. The van der Waals surface area contributed by atoms with Crippen molar-refractivity contribution >= 4 is 11.9 Å². The van der Waals surface area contributed by atoms with Crippen LogP contribution in [-0.4, -0.2) is 34.5 Å². The van der Waals surface area contributed by atoms with Crippen LogP contribution in [0, 0.1) is 17.8 Å². The van der Waals surface area contributed by atoms with Gasteiger partial charge in [-0.25, -0.2) is 0 Å². The number of carbonyl (C=O) groups excluding carboxylic acids is 1. The van der Waals surface area contributed by atoms with E-state index in [1.165, 1.54) is 0 Å². The van der Waals surface area contributed by atoms with Gasteiger partial charge in [0.25, 0.3) is 0 Å². The summed E-state index contributed by atoms with van der Waals surface area (Å²) in [4.78, 5) is 25.6. The van der Waals surface area contributed by atoms with Crippen LogP contribution in [0.5, 0.6) is 0 Å². The Hall–Kier alpha value is -1.06. The van der Waals surface area contributed by atoms with Crippen molar-refractivity contribution in [2.75, 3.05) is 6.54 Å². The van der Waals surface area contributed by atoms with Crippen molar-refractivity contribution in [2.24, 2.45) is 17.8 Å². The number of rotatable bonds is 2. The summed E-state index contributed by atoms with van der Waals surface area (Å²) in [6.45, 7) is 5.19. The van der Waals surface area contributed by atoms with Gasteiger partial charge >= 0.3 is 5.97 Å². The van der Waals surface area contributed by atoms with Crippen molar-refractivity contribution in [3.05, 3.63) is 0 Å². The molecule has 108 valence electrons. The van der Waals surface area contributed by atoms with Gasteiger partial charge in [0.2, 0.25) is 5.91 Å². The molecular weight excluding hydrogens is 242 g/mol. The minimum Gasteiger partial charge on any atom is -0.481 e. The van der Waals surface area contributed by atoms with Gasteiger partial charge in [-0.2, -0.15) is 0 Å². The molecule has 1 saturated carbocycles. The maximum absolute atomic E-state index is 12.6. The molecule has 0 aromatic carbocycles. The first-order valence-corrected chi connectivity index (χ1v) is 7.52. The van der Waals surface area contributed by atoms with Gasteiger partial charge in [-0.1, -0.05) is 13.3 Å². The maximum Gasteiger partial charge on any atom is 0.306 e. The summed E-state index contributed by atoms with van der Waals surface area (Å²) in [5, 5.41) is 9.11. The van der Waals surface area contributed by atoms with Crippen LogP contribution in [0.2, 0.25) is 0 Å². The second kappa shape index (κ2) is 5.93. The third-order valence-electron chi connectivity index (χ3n) is 4.79. The Bertz CT molecular complexity index is 355. The zero-order valence-corrected chi connectivity index (χ0v) is 12.0. The number of likely N-dealkylation sites (tertiary alicyclic amines) is 1. The van der Waals surface area contributed by atoms with E-state index in [0.717, 1.165) is 38.6 Å². The third-order valence-corrected chi connectivity index (χ3v) is 4.79. The quantitative estimate of drug-likeness (QED) is 0.836. The van der Waals surface area contributed by atoms with E-state index in [9.17, 15) is 9.59 Å². The Labute approximate surface area is 115 Å². The topological polar surface area (TPSA) is 57.6 Å². The molecule has 1 aliphatic carbocycles. The van der Waals surface area contributed by atoms with Crippen LogP contribution in [0.15, 0.2) is 0 Å². The van der Waals surface area contributed by atoms with Crippen LogP contribution in [-0.2, 0) is 9.59 Å². The highest BCUT2D eigenvalue weighted by atomic mass is 16.4. The first-order chi connectivity index (χ1) is 8.99. The molecule has 4 nitrogen and oxygen atoms in total. The lowest BCUT2D eigenvalue weighted by Gasteiger charge is -2.39. The van der Waals surface area contributed by atoms with Gasteiger partial charge in [-0.05, 0) is 44.9 Å². The van der Waals surface area contributed by atoms with Crippen molar-refractivity contribution in [3.63, 3.8) is 0 Å². The smallest absolute Gasteiger partial charge is 0.306 e. The molecule has 2 fully saturated rings. The third kappa shape index (κ3) is 3.28. The summed E-state index contributed by atoms with van der Waals surface area (Å²) >= 11 is 0. The van der Waals surface area contributed by atoms with Crippen LogP contribution in [0.4, 0.5) is 0 Å². The van der Waals surface area contributed by atoms with E-state index in [2.05, 4.69) is 13.8 Å². The second-order valence-electron chi connectivity index (χ2n) is 6.41. The molecule has 1 heterocycles. The Morgan fingerprint density at radius 3 is 2.37 bits per heavy atom. The van der Waals surface area contributed by atoms with Gasteiger partial charge < -0.3 is 10.0 Å². The number of carboxylic acid groups (broad SMARTS) is 1. The number of hydrogen-bond donors (Lipinski definition) is 1.